The van der Waals surface area contributed by atoms with Gasteiger partial charge in [0.25, 0.3) is 0 Å². The zero-order valence-electron chi connectivity index (χ0n) is 10.1. The summed E-state index contributed by atoms with van der Waals surface area (Å²) in [4.78, 5) is 0. The fourth-order valence-electron chi connectivity index (χ4n) is 1.59. The number of hydrogen-bond donors (Lipinski definition) is 1. The van der Waals surface area contributed by atoms with Crippen molar-refractivity contribution in [3.8, 4) is 0 Å². The van der Waals surface area contributed by atoms with E-state index in [1.165, 1.54) is 12.8 Å². The van der Waals surface area contributed by atoms with Crippen molar-refractivity contribution in [2.75, 3.05) is 0 Å². The Balaban J connectivity index is 2.39. The van der Waals surface area contributed by atoms with E-state index in [9.17, 15) is 0 Å². The number of nitrogens with zero attached hydrogens (tertiary/aromatic N) is 2. The predicted molar refractivity (Wildman–Crippen MR) is 63.5 cm³/mol. The number of rotatable bonds is 6. The van der Waals surface area contributed by atoms with E-state index >= 15 is 0 Å². The Morgan fingerprint density at radius 1 is 1.47 bits per heavy atom. The van der Waals surface area contributed by atoms with Crippen LogP contribution in [0.2, 0.25) is 0 Å². The van der Waals surface area contributed by atoms with E-state index in [0.29, 0.717) is 0 Å². The maximum Gasteiger partial charge on any atom is 0.0537 e. The molecule has 3 nitrogen and oxygen atoms in total. The number of nitrogens with two attached hydrogens (primary N) is 1. The molecule has 1 rings (SSSR count). The van der Waals surface area contributed by atoms with E-state index in [4.69, 9.17) is 5.73 Å². The van der Waals surface area contributed by atoms with E-state index in [1.54, 1.807) is 0 Å². The minimum absolute atomic E-state index is 0.142. The van der Waals surface area contributed by atoms with E-state index in [0.717, 1.165) is 24.4 Å². The van der Waals surface area contributed by atoms with Gasteiger partial charge in [0.05, 0.1) is 6.20 Å². The first-order chi connectivity index (χ1) is 7.13. The lowest BCUT2D eigenvalue weighted by Gasteiger charge is -2.05. The molecule has 0 spiro atoms. The molecule has 1 aromatic rings. The lowest BCUT2D eigenvalue weighted by Crippen LogP contribution is -2.07. The van der Waals surface area contributed by atoms with Crippen molar-refractivity contribution in [2.45, 2.75) is 52.6 Å². The predicted octanol–water partition coefficient (Wildman–Crippen LogP) is 2.73. The van der Waals surface area contributed by atoms with Gasteiger partial charge < -0.3 is 5.73 Å². The van der Waals surface area contributed by atoms with Gasteiger partial charge >= 0.3 is 0 Å². The fraction of sp³-hybridized carbons (Fsp3) is 0.750. The van der Waals surface area contributed by atoms with Gasteiger partial charge in [-0.2, -0.15) is 5.10 Å². The largest absolute Gasteiger partial charge is 0.324 e. The number of aryl methyl sites for hydroxylation is 1. The molecule has 0 fully saturated rings. The SMILES string of the molecule is CCC(N)c1cnn(CCCC(C)C)c1. The van der Waals surface area contributed by atoms with Crippen LogP contribution in [0.25, 0.3) is 0 Å². The Bertz CT molecular complexity index is 278. The van der Waals surface area contributed by atoms with Crippen molar-refractivity contribution in [3.63, 3.8) is 0 Å². The second-order valence-electron chi connectivity index (χ2n) is 4.59. The van der Waals surface area contributed by atoms with Crippen molar-refractivity contribution >= 4 is 0 Å². The maximum absolute atomic E-state index is 5.93. The third-order valence-corrected chi connectivity index (χ3v) is 2.69. The van der Waals surface area contributed by atoms with E-state index in [1.807, 2.05) is 10.9 Å². The molecule has 0 bridgehead atoms. The molecule has 0 amide bonds. The highest BCUT2D eigenvalue weighted by Crippen LogP contribution is 2.12. The molecule has 3 heteroatoms. The molecule has 0 aliphatic carbocycles. The highest BCUT2D eigenvalue weighted by Gasteiger charge is 2.05. The average molecular weight is 209 g/mol. The van der Waals surface area contributed by atoms with Gasteiger partial charge in [-0.25, -0.2) is 0 Å². The van der Waals surface area contributed by atoms with E-state index in [2.05, 4.69) is 32.1 Å². The Morgan fingerprint density at radius 2 is 2.20 bits per heavy atom. The normalized spacial score (nSPS) is 13.4. The van der Waals surface area contributed by atoms with Crippen LogP contribution in [0.5, 0.6) is 0 Å². The molecule has 0 radical (unpaired) electrons. The summed E-state index contributed by atoms with van der Waals surface area (Å²) in [6.45, 7) is 7.61. The zero-order valence-corrected chi connectivity index (χ0v) is 10.1. The maximum atomic E-state index is 5.93. The van der Waals surface area contributed by atoms with Crippen molar-refractivity contribution < 1.29 is 0 Å². The summed E-state index contributed by atoms with van der Waals surface area (Å²) in [6.07, 6.45) is 7.39. The summed E-state index contributed by atoms with van der Waals surface area (Å²) in [5.41, 5.74) is 7.09. The van der Waals surface area contributed by atoms with Crippen LogP contribution in [-0.2, 0) is 6.54 Å². The monoisotopic (exact) mass is 209 g/mol. The minimum atomic E-state index is 0.142. The quantitative estimate of drug-likeness (QED) is 0.783. The fourth-order valence-corrected chi connectivity index (χ4v) is 1.59. The second-order valence-corrected chi connectivity index (χ2v) is 4.59. The molecule has 2 N–H and O–H groups in total. The number of hydrogen-bond acceptors (Lipinski definition) is 2. The summed E-state index contributed by atoms with van der Waals surface area (Å²) in [7, 11) is 0. The summed E-state index contributed by atoms with van der Waals surface area (Å²) in [6, 6.07) is 0.142. The highest BCUT2D eigenvalue weighted by molar-refractivity contribution is 5.09. The molecule has 86 valence electrons. The second kappa shape index (κ2) is 5.91. The molecule has 1 heterocycles. The summed E-state index contributed by atoms with van der Waals surface area (Å²) >= 11 is 0. The lowest BCUT2D eigenvalue weighted by atomic mass is 10.1. The molecular weight excluding hydrogens is 186 g/mol. The van der Waals surface area contributed by atoms with Crippen LogP contribution < -0.4 is 5.73 Å². The summed E-state index contributed by atoms with van der Waals surface area (Å²) < 4.78 is 2.01. The Labute approximate surface area is 92.7 Å². The molecule has 15 heavy (non-hydrogen) atoms. The Morgan fingerprint density at radius 3 is 2.80 bits per heavy atom. The zero-order chi connectivity index (χ0) is 11.3. The topological polar surface area (TPSA) is 43.8 Å². The van der Waals surface area contributed by atoms with Crippen LogP contribution in [0, 0.1) is 5.92 Å². The van der Waals surface area contributed by atoms with Gasteiger partial charge in [-0.1, -0.05) is 20.8 Å². The first-order valence-corrected chi connectivity index (χ1v) is 5.91. The standard InChI is InChI=1S/C12H23N3/c1-4-12(13)11-8-14-15(9-11)7-5-6-10(2)3/h8-10,12H,4-7,13H2,1-3H3. The first-order valence-electron chi connectivity index (χ1n) is 5.91. The highest BCUT2D eigenvalue weighted by atomic mass is 15.3. The molecule has 0 aliphatic heterocycles. The Hall–Kier alpha value is -0.830. The van der Waals surface area contributed by atoms with Crippen LogP contribution >= 0.6 is 0 Å². The van der Waals surface area contributed by atoms with Crippen LogP contribution in [0.1, 0.15) is 51.6 Å². The van der Waals surface area contributed by atoms with Gasteiger partial charge in [-0.3, -0.25) is 4.68 Å². The van der Waals surface area contributed by atoms with Crippen LogP contribution in [0.4, 0.5) is 0 Å². The van der Waals surface area contributed by atoms with Crippen LogP contribution in [-0.4, -0.2) is 9.78 Å². The lowest BCUT2D eigenvalue weighted by molar-refractivity contribution is 0.489. The van der Waals surface area contributed by atoms with Crippen molar-refractivity contribution in [1.82, 2.24) is 9.78 Å². The minimum Gasteiger partial charge on any atom is -0.324 e. The molecule has 1 atom stereocenters. The molecule has 0 aliphatic rings. The van der Waals surface area contributed by atoms with Crippen molar-refractivity contribution in [3.05, 3.63) is 18.0 Å². The van der Waals surface area contributed by atoms with Gasteiger partial charge in [-0.05, 0) is 25.2 Å². The van der Waals surface area contributed by atoms with Gasteiger partial charge in [0.15, 0.2) is 0 Å². The van der Waals surface area contributed by atoms with Gasteiger partial charge in [-0.15, -0.1) is 0 Å². The van der Waals surface area contributed by atoms with Crippen LogP contribution in [0.15, 0.2) is 12.4 Å². The first kappa shape index (κ1) is 12.2. The molecule has 1 unspecified atom stereocenters. The number of aromatic nitrogens is 2. The van der Waals surface area contributed by atoms with Gasteiger partial charge in [0.2, 0.25) is 0 Å². The molecule has 0 aromatic carbocycles. The third kappa shape index (κ3) is 4.04. The van der Waals surface area contributed by atoms with Gasteiger partial charge in [0, 0.05) is 24.3 Å². The average Bonchev–Trinajstić information content (AvgIpc) is 2.65. The van der Waals surface area contributed by atoms with E-state index < -0.39 is 0 Å². The third-order valence-electron chi connectivity index (χ3n) is 2.69. The summed E-state index contributed by atoms with van der Waals surface area (Å²) in [5, 5.41) is 4.32. The molecule has 0 saturated carbocycles. The van der Waals surface area contributed by atoms with E-state index in [-0.39, 0.29) is 6.04 Å². The van der Waals surface area contributed by atoms with Crippen molar-refractivity contribution in [2.24, 2.45) is 11.7 Å². The molecule has 1 aromatic heterocycles. The van der Waals surface area contributed by atoms with Crippen LogP contribution in [0.3, 0.4) is 0 Å². The summed E-state index contributed by atoms with van der Waals surface area (Å²) in [5.74, 6) is 0.776. The Kier molecular flexibility index (Phi) is 4.82. The molecular formula is C12H23N3. The van der Waals surface area contributed by atoms with Crippen molar-refractivity contribution in [1.29, 1.82) is 0 Å². The molecule has 0 saturated heterocycles. The smallest absolute Gasteiger partial charge is 0.0537 e. The van der Waals surface area contributed by atoms with Gasteiger partial charge in [0.1, 0.15) is 0 Å².